The third-order valence-electron chi connectivity index (χ3n) is 12.2. The predicted octanol–water partition coefficient (Wildman–Crippen LogP) is 3.09. The summed E-state index contributed by atoms with van der Waals surface area (Å²) < 4.78 is 17.8. The number of benzene rings is 1. The van der Waals surface area contributed by atoms with E-state index in [1.165, 1.54) is 11.1 Å². The van der Waals surface area contributed by atoms with Gasteiger partial charge in [-0.1, -0.05) is 51.1 Å². The first-order valence-electron chi connectivity index (χ1n) is 19.7. The van der Waals surface area contributed by atoms with E-state index in [-0.39, 0.29) is 61.2 Å². The monoisotopic (exact) mass is 759 g/mol. The molecule has 10 atom stereocenters. The highest BCUT2D eigenvalue weighted by Gasteiger charge is 2.57. The molecular formula is C41H53N5O9. The summed E-state index contributed by atoms with van der Waals surface area (Å²) in [7, 11) is 0. The zero-order chi connectivity index (χ0) is 39.2. The molecule has 296 valence electrons. The van der Waals surface area contributed by atoms with Gasteiger partial charge in [-0.25, -0.2) is 4.98 Å². The molecule has 2 bridgehead atoms. The van der Waals surface area contributed by atoms with E-state index in [4.69, 9.17) is 13.9 Å². The molecule has 2 saturated carbocycles. The highest BCUT2D eigenvalue weighted by Crippen LogP contribution is 2.54. The maximum absolute atomic E-state index is 14.7. The summed E-state index contributed by atoms with van der Waals surface area (Å²) in [5, 5.41) is 8.62. The molecule has 3 N–H and O–H groups in total. The van der Waals surface area contributed by atoms with E-state index in [9.17, 15) is 28.8 Å². The second-order valence-electron chi connectivity index (χ2n) is 17.3. The third-order valence-corrected chi connectivity index (χ3v) is 12.2. The van der Waals surface area contributed by atoms with Crippen LogP contribution in [-0.4, -0.2) is 101 Å². The van der Waals surface area contributed by atoms with Crippen LogP contribution < -0.4 is 16.0 Å². The van der Waals surface area contributed by atoms with Gasteiger partial charge in [0, 0.05) is 36.9 Å². The average Bonchev–Trinajstić information content (AvgIpc) is 3.98. The number of aromatic nitrogens is 1. The van der Waals surface area contributed by atoms with E-state index in [0.29, 0.717) is 36.8 Å². The molecule has 4 heterocycles. The normalized spacial score (nSPS) is 29.6. The van der Waals surface area contributed by atoms with Gasteiger partial charge in [-0.05, 0) is 69.1 Å². The number of likely N-dealkylation sites (tertiary alicyclic amines) is 1. The molecule has 2 aliphatic carbocycles. The van der Waals surface area contributed by atoms with Gasteiger partial charge in [0.05, 0.1) is 37.2 Å². The van der Waals surface area contributed by atoms with Crippen LogP contribution in [0.1, 0.15) is 83.8 Å². The number of nitrogens with one attached hydrogen (secondary N) is 3. The summed E-state index contributed by atoms with van der Waals surface area (Å²) in [6.45, 7) is 10.4. The number of ketones is 2. The van der Waals surface area contributed by atoms with Crippen molar-refractivity contribution in [3.8, 4) is 11.3 Å². The van der Waals surface area contributed by atoms with E-state index in [2.05, 4.69) is 20.9 Å². The van der Waals surface area contributed by atoms with Crippen molar-refractivity contribution in [2.24, 2.45) is 35.0 Å². The van der Waals surface area contributed by atoms with Crippen LogP contribution in [0.5, 0.6) is 0 Å². The van der Waals surface area contributed by atoms with Gasteiger partial charge in [0.1, 0.15) is 12.1 Å². The Morgan fingerprint density at radius 2 is 1.76 bits per heavy atom. The lowest BCUT2D eigenvalue weighted by Crippen LogP contribution is -2.60. The SMILES string of the molecule is CC(C)O[C@@H]1C[C@@H](C(=O)NC(CC2CCNC2=O)C(=O)C(=O)c2ncc(-c3ccccc3)o2)N(C(=O)[C@@H](NC(=O)C2C3CC[C@@H]4OC[C@@H]2C4C3)C(C)(C)C)C1. The van der Waals surface area contributed by atoms with Crippen LogP contribution in [-0.2, 0) is 33.4 Å². The summed E-state index contributed by atoms with van der Waals surface area (Å²) in [6, 6.07) is 5.53. The van der Waals surface area contributed by atoms with Crippen molar-refractivity contribution in [3.05, 3.63) is 42.4 Å². The number of hydrogen-bond donors (Lipinski definition) is 3. The summed E-state index contributed by atoms with van der Waals surface area (Å²) in [4.78, 5) is 88.8. The Hall–Kier alpha value is -4.43. The van der Waals surface area contributed by atoms with Crippen molar-refractivity contribution in [3.63, 3.8) is 0 Å². The zero-order valence-electron chi connectivity index (χ0n) is 32.2. The van der Waals surface area contributed by atoms with E-state index in [1.807, 2.05) is 40.7 Å². The number of amides is 4. The molecule has 3 saturated heterocycles. The number of hydrogen-bond acceptors (Lipinski definition) is 10. The Kier molecular flexibility index (Phi) is 11.0. The Labute approximate surface area is 321 Å². The number of nitrogens with zero attached hydrogens (tertiary/aromatic N) is 2. The second kappa shape index (κ2) is 15.6. The number of Topliss-reactive ketones (excluding diaryl/α,β-unsaturated/α-hetero) is 2. The van der Waals surface area contributed by atoms with Crippen molar-refractivity contribution < 1.29 is 42.7 Å². The van der Waals surface area contributed by atoms with Crippen molar-refractivity contribution in [2.75, 3.05) is 19.7 Å². The summed E-state index contributed by atoms with van der Waals surface area (Å²) in [5.41, 5.74) is -0.0576. The molecule has 1 aromatic heterocycles. The first kappa shape index (κ1) is 38.8. The fraction of sp³-hybridized carbons (Fsp3) is 0.634. The van der Waals surface area contributed by atoms with Crippen LogP contribution in [0.15, 0.2) is 40.9 Å². The van der Waals surface area contributed by atoms with Crippen molar-refractivity contribution in [2.45, 2.75) is 110 Å². The van der Waals surface area contributed by atoms with Crippen LogP contribution in [0.4, 0.5) is 0 Å². The van der Waals surface area contributed by atoms with Crippen LogP contribution in [0.2, 0.25) is 0 Å². The number of carbonyl (C=O) groups is 6. The van der Waals surface area contributed by atoms with E-state index >= 15 is 0 Å². The van der Waals surface area contributed by atoms with E-state index in [0.717, 1.165) is 19.3 Å². The molecule has 5 fully saturated rings. The van der Waals surface area contributed by atoms with Crippen LogP contribution in [0.25, 0.3) is 11.3 Å². The van der Waals surface area contributed by atoms with Crippen molar-refractivity contribution in [1.29, 1.82) is 0 Å². The minimum Gasteiger partial charge on any atom is -0.433 e. The molecule has 14 heteroatoms. The van der Waals surface area contributed by atoms with Gasteiger partial charge < -0.3 is 34.7 Å². The maximum atomic E-state index is 14.7. The molecule has 55 heavy (non-hydrogen) atoms. The van der Waals surface area contributed by atoms with Crippen molar-refractivity contribution in [1.82, 2.24) is 25.8 Å². The van der Waals surface area contributed by atoms with Gasteiger partial charge in [-0.3, -0.25) is 28.8 Å². The molecule has 3 aliphatic heterocycles. The molecule has 5 unspecified atom stereocenters. The first-order chi connectivity index (χ1) is 26.2. The topological polar surface area (TPSA) is 186 Å². The van der Waals surface area contributed by atoms with Crippen LogP contribution >= 0.6 is 0 Å². The van der Waals surface area contributed by atoms with E-state index < -0.39 is 64.8 Å². The second-order valence-corrected chi connectivity index (χ2v) is 17.3. The summed E-state index contributed by atoms with van der Waals surface area (Å²) in [5.74, 6) is -3.82. The molecule has 0 spiro atoms. The predicted molar refractivity (Wildman–Crippen MR) is 198 cm³/mol. The maximum Gasteiger partial charge on any atom is 0.285 e. The molecule has 14 nitrogen and oxygen atoms in total. The van der Waals surface area contributed by atoms with E-state index in [1.54, 1.807) is 24.3 Å². The molecular weight excluding hydrogens is 706 g/mol. The fourth-order valence-corrected chi connectivity index (χ4v) is 9.54. The molecule has 5 aliphatic rings. The summed E-state index contributed by atoms with van der Waals surface area (Å²) >= 11 is 0. The minimum atomic E-state index is -1.40. The highest BCUT2D eigenvalue weighted by atomic mass is 16.5. The third kappa shape index (κ3) is 7.98. The zero-order valence-corrected chi connectivity index (χ0v) is 32.2. The van der Waals surface area contributed by atoms with Gasteiger partial charge >= 0.3 is 0 Å². The van der Waals surface area contributed by atoms with Crippen molar-refractivity contribution >= 4 is 35.2 Å². The lowest BCUT2D eigenvalue weighted by molar-refractivity contribution is -0.145. The Morgan fingerprint density at radius 3 is 2.45 bits per heavy atom. The Morgan fingerprint density at radius 1 is 1.00 bits per heavy atom. The number of oxazole rings is 1. The van der Waals surface area contributed by atoms with Gasteiger partial charge in [0.15, 0.2) is 5.76 Å². The number of fused-ring (bicyclic) bond motifs is 1. The first-order valence-corrected chi connectivity index (χ1v) is 19.7. The fourth-order valence-electron chi connectivity index (χ4n) is 9.54. The quantitative estimate of drug-likeness (QED) is 0.203. The number of rotatable bonds is 13. The number of ether oxygens (including phenoxy) is 2. The minimum absolute atomic E-state index is 0.0883. The van der Waals surface area contributed by atoms with Gasteiger partial charge in [0.25, 0.3) is 11.7 Å². The smallest absolute Gasteiger partial charge is 0.285 e. The average molecular weight is 760 g/mol. The van der Waals surface area contributed by atoms with Crippen LogP contribution in [0.3, 0.4) is 0 Å². The Bertz CT molecular complexity index is 1800. The lowest BCUT2D eigenvalue weighted by Gasteiger charge is -2.37. The molecule has 1 aromatic carbocycles. The molecule has 7 rings (SSSR count). The molecule has 2 aromatic rings. The molecule has 0 radical (unpaired) electrons. The largest absolute Gasteiger partial charge is 0.433 e. The van der Waals surface area contributed by atoms with Gasteiger partial charge in [-0.2, -0.15) is 0 Å². The van der Waals surface area contributed by atoms with Gasteiger partial charge in [0.2, 0.25) is 29.4 Å². The Balaban J connectivity index is 1.12. The van der Waals surface area contributed by atoms with Crippen LogP contribution in [0, 0.1) is 35.0 Å². The number of carbonyl (C=O) groups excluding carboxylic acids is 6. The highest BCUT2D eigenvalue weighted by molar-refractivity contribution is 6.44. The standard InChI is InChI=1S/C41H53N5O9/c1-21(2)54-25-17-29(46(19-25)40(52)35(41(3,4)5)45-38(51)32-23-11-12-30-26(15-23)27(32)20-53-30)37(50)44-28(16-24-13-14-42-36(24)49)33(47)34(48)39-43-18-31(55-39)22-9-7-6-8-10-22/h6-10,18,21,23-30,32,35H,11-17,19-20H2,1-5H3,(H,42,49)(H,44,50)(H,45,51)/t23?,24?,25-,26?,27-,28?,29+,30+,32?,35-/m1/s1. The van der Waals surface area contributed by atoms with Gasteiger partial charge in [-0.15, -0.1) is 0 Å². The summed E-state index contributed by atoms with van der Waals surface area (Å²) in [6.07, 6.45) is 4.11. The lowest BCUT2D eigenvalue weighted by atomic mass is 9.83. The molecule has 4 amide bonds.